The summed E-state index contributed by atoms with van der Waals surface area (Å²) in [5.41, 5.74) is -4.01. The summed E-state index contributed by atoms with van der Waals surface area (Å²) in [6.45, 7) is 6.70. The second-order valence-corrected chi connectivity index (χ2v) is 12.3. The maximum atomic E-state index is 13.7. The molecule has 0 spiro atoms. The predicted molar refractivity (Wildman–Crippen MR) is 151 cm³/mol. The van der Waals surface area contributed by atoms with Gasteiger partial charge in [0.25, 0.3) is 0 Å². The zero-order valence-corrected chi connectivity index (χ0v) is 25.9. The van der Waals surface area contributed by atoms with E-state index in [-0.39, 0.29) is 29.4 Å². The fraction of sp³-hybridized carbons (Fsp3) is 0.562. The lowest BCUT2D eigenvalue weighted by molar-refractivity contribution is -0.144. The third kappa shape index (κ3) is 9.32. The topological polar surface area (TPSA) is 59.1 Å². The maximum Gasteiger partial charge on any atom is 0.416 e. The van der Waals surface area contributed by atoms with Crippen molar-refractivity contribution in [1.29, 1.82) is 0 Å². The van der Waals surface area contributed by atoms with E-state index in [0.29, 0.717) is 37.3 Å². The summed E-state index contributed by atoms with van der Waals surface area (Å²) in [6, 6.07) is 2.97. The highest BCUT2D eigenvalue weighted by atomic mass is 19.4. The summed E-state index contributed by atoms with van der Waals surface area (Å²) < 4.78 is 132. The van der Waals surface area contributed by atoms with Crippen molar-refractivity contribution in [2.24, 2.45) is 11.8 Å². The van der Waals surface area contributed by atoms with Crippen molar-refractivity contribution in [2.75, 3.05) is 26.2 Å². The molecule has 4 rings (SSSR count). The van der Waals surface area contributed by atoms with Crippen LogP contribution in [0.15, 0.2) is 36.4 Å². The molecule has 15 heteroatoms. The van der Waals surface area contributed by atoms with Gasteiger partial charge in [0.2, 0.25) is 0 Å². The molecule has 2 fully saturated rings. The van der Waals surface area contributed by atoms with E-state index >= 15 is 0 Å². The van der Waals surface area contributed by atoms with E-state index in [1.165, 1.54) is 19.9 Å². The third-order valence-corrected chi connectivity index (χ3v) is 8.57. The standard InChI is InChI=1S/C32H35F9N2O4/c1-18(15-42-8-6-21(7-9-42)17-46-20(3)44)10-22-4-5-25(30(33,34)35)13-24(22)16-43-19(2)28(47-29(43)45)23-11-26(31(36,37)38)14-27(12-23)32(39,40)41/h4-5,11-14,18-19,21,28H,6-10,15-17H2,1-3H3/t18?,19-,28-/m0/s1. The van der Waals surface area contributed by atoms with Gasteiger partial charge in [0, 0.05) is 20.0 Å². The first-order chi connectivity index (χ1) is 21.7. The number of alkyl halides is 9. The number of carbonyl (C=O) groups is 2. The summed E-state index contributed by atoms with van der Waals surface area (Å²) in [6.07, 6.45) is -15.6. The Morgan fingerprint density at radius 1 is 0.894 bits per heavy atom. The van der Waals surface area contributed by atoms with Crippen LogP contribution in [0.3, 0.4) is 0 Å². The van der Waals surface area contributed by atoms with Crippen LogP contribution in [0.25, 0.3) is 0 Å². The fourth-order valence-electron chi connectivity index (χ4n) is 6.09. The summed E-state index contributed by atoms with van der Waals surface area (Å²) in [5, 5.41) is 0. The normalized spacial score (nSPS) is 20.8. The molecule has 0 radical (unpaired) electrons. The van der Waals surface area contributed by atoms with Crippen LogP contribution >= 0.6 is 0 Å². The first-order valence-corrected chi connectivity index (χ1v) is 15.0. The molecule has 47 heavy (non-hydrogen) atoms. The summed E-state index contributed by atoms with van der Waals surface area (Å²) >= 11 is 0. The molecule has 2 aromatic rings. The van der Waals surface area contributed by atoms with Gasteiger partial charge in [0.1, 0.15) is 6.10 Å². The Morgan fingerprint density at radius 3 is 2.00 bits per heavy atom. The van der Waals surface area contributed by atoms with Crippen LogP contribution in [0.1, 0.15) is 73.1 Å². The molecule has 260 valence electrons. The minimum atomic E-state index is -5.12. The van der Waals surface area contributed by atoms with Crippen LogP contribution in [-0.2, 0) is 45.8 Å². The molecular formula is C32H35F9N2O4. The smallest absolute Gasteiger partial charge is 0.416 e. The Kier molecular flexibility index (Phi) is 10.8. The third-order valence-electron chi connectivity index (χ3n) is 8.57. The molecule has 3 atom stereocenters. The number of esters is 1. The quantitative estimate of drug-likeness (QED) is 0.197. The molecule has 2 heterocycles. The van der Waals surface area contributed by atoms with E-state index in [4.69, 9.17) is 9.47 Å². The number of halogens is 9. The number of hydrogen-bond donors (Lipinski definition) is 0. The van der Waals surface area contributed by atoms with Gasteiger partial charge in [-0.25, -0.2) is 4.79 Å². The minimum Gasteiger partial charge on any atom is -0.466 e. The monoisotopic (exact) mass is 682 g/mol. The molecule has 0 aliphatic carbocycles. The number of nitrogens with zero attached hydrogens (tertiary/aromatic N) is 2. The highest BCUT2D eigenvalue weighted by Crippen LogP contribution is 2.41. The molecule has 6 nitrogen and oxygen atoms in total. The van der Waals surface area contributed by atoms with Crippen molar-refractivity contribution >= 4 is 12.1 Å². The van der Waals surface area contributed by atoms with Crippen LogP contribution in [0, 0.1) is 11.8 Å². The molecule has 0 saturated carbocycles. The van der Waals surface area contributed by atoms with Crippen LogP contribution in [-0.4, -0.2) is 54.1 Å². The average molecular weight is 683 g/mol. The maximum absolute atomic E-state index is 13.7. The Morgan fingerprint density at radius 2 is 1.47 bits per heavy atom. The molecular weight excluding hydrogens is 647 g/mol. The lowest BCUT2D eigenvalue weighted by Gasteiger charge is -2.33. The van der Waals surface area contributed by atoms with E-state index in [1.54, 1.807) is 0 Å². The van der Waals surface area contributed by atoms with Gasteiger partial charge in [-0.05, 0) is 98.1 Å². The number of ether oxygens (including phenoxy) is 2. The zero-order chi connectivity index (χ0) is 34.9. The van der Waals surface area contributed by atoms with Crippen LogP contribution < -0.4 is 0 Å². The van der Waals surface area contributed by atoms with Gasteiger partial charge in [-0.2, -0.15) is 39.5 Å². The number of piperidine rings is 1. The largest absolute Gasteiger partial charge is 0.466 e. The van der Waals surface area contributed by atoms with Crippen molar-refractivity contribution in [3.05, 3.63) is 69.8 Å². The number of likely N-dealkylation sites (tertiary alicyclic amines) is 1. The molecule has 2 saturated heterocycles. The van der Waals surface area contributed by atoms with Gasteiger partial charge in [0.15, 0.2) is 0 Å². The van der Waals surface area contributed by atoms with Gasteiger partial charge < -0.3 is 14.4 Å². The van der Waals surface area contributed by atoms with Crippen molar-refractivity contribution < 1.29 is 58.6 Å². The highest BCUT2D eigenvalue weighted by molar-refractivity contribution is 5.71. The average Bonchev–Trinajstić information content (AvgIpc) is 3.24. The van der Waals surface area contributed by atoms with E-state index < -0.39 is 65.6 Å². The van der Waals surface area contributed by atoms with E-state index in [9.17, 15) is 49.1 Å². The number of carbonyl (C=O) groups excluding carboxylic acids is 2. The first kappa shape index (κ1) is 36.3. The lowest BCUT2D eigenvalue weighted by atomic mass is 9.92. The van der Waals surface area contributed by atoms with Crippen molar-refractivity contribution in [3.63, 3.8) is 0 Å². The van der Waals surface area contributed by atoms with E-state index in [1.807, 2.05) is 6.92 Å². The Bertz CT molecular complexity index is 1400. The molecule has 1 unspecified atom stereocenters. The van der Waals surface area contributed by atoms with Gasteiger partial charge >= 0.3 is 30.6 Å². The Hall–Kier alpha value is -3.49. The number of hydrogen-bond acceptors (Lipinski definition) is 5. The Labute approximate surface area is 265 Å². The Balaban J connectivity index is 1.53. The number of benzene rings is 2. The second-order valence-electron chi connectivity index (χ2n) is 12.3. The summed E-state index contributed by atoms with van der Waals surface area (Å²) in [7, 11) is 0. The molecule has 1 amide bonds. The van der Waals surface area contributed by atoms with Crippen molar-refractivity contribution in [3.8, 4) is 0 Å². The predicted octanol–water partition coefficient (Wildman–Crippen LogP) is 8.28. The minimum absolute atomic E-state index is 0.0305. The van der Waals surface area contributed by atoms with Crippen molar-refractivity contribution in [2.45, 2.75) is 77.3 Å². The number of rotatable bonds is 9. The van der Waals surface area contributed by atoms with Crippen LogP contribution in [0.2, 0.25) is 0 Å². The molecule has 2 aliphatic rings. The van der Waals surface area contributed by atoms with Crippen LogP contribution in [0.4, 0.5) is 44.3 Å². The fourth-order valence-corrected chi connectivity index (χ4v) is 6.09. The lowest BCUT2D eigenvalue weighted by Crippen LogP contribution is -2.38. The van der Waals surface area contributed by atoms with Gasteiger partial charge in [-0.1, -0.05) is 13.0 Å². The van der Waals surface area contributed by atoms with E-state index in [0.717, 1.165) is 43.0 Å². The van der Waals surface area contributed by atoms with E-state index in [2.05, 4.69) is 4.90 Å². The number of cyclic esters (lactones) is 1. The zero-order valence-electron chi connectivity index (χ0n) is 25.9. The molecule has 0 N–H and O–H groups in total. The molecule has 2 aromatic carbocycles. The molecule has 2 aliphatic heterocycles. The summed E-state index contributed by atoms with van der Waals surface area (Å²) in [5.74, 6) is -0.127. The first-order valence-electron chi connectivity index (χ1n) is 15.0. The SMILES string of the molecule is CC(=O)OCC1CCN(CC(C)Cc2ccc(C(F)(F)F)cc2CN2C(=O)O[C@H](c3cc(C(F)(F)F)cc(C(F)(F)F)c3)[C@@H]2C)CC1. The molecule has 0 aromatic heterocycles. The number of amides is 1. The highest BCUT2D eigenvalue weighted by Gasteiger charge is 2.43. The molecule has 0 bridgehead atoms. The van der Waals surface area contributed by atoms with Gasteiger partial charge in [0.05, 0.1) is 29.3 Å². The van der Waals surface area contributed by atoms with Crippen LogP contribution in [0.5, 0.6) is 0 Å². The second kappa shape index (κ2) is 13.9. The summed E-state index contributed by atoms with van der Waals surface area (Å²) in [4.78, 5) is 27.2. The van der Waals surface area contributed by atoms with Gasteiger partial charge in [-0.15, -0.1) is 0 Å². The van der Waals surface area contributed by atoms with Crippen molar-refractivity contribution in [1.82, 2.24) is 9.80 Å². The van der Waals surface area contributed by atoms with Gasteiger partial charge in [-0.3, -0.25) is 9.69 Å².